The second-order valence-corrected chi connectivity index (χ2v) is 23.0. The van der Waals surface area contributed by atoms with Gasteiger partial charge in [0.15, 0.2) is 0 Å². The monoisotopic (exact) mass is 1260 g/mol. The zero-order chi connectivity index (χ0) is 46.0. The molecule has 0 N–H and O–H groups in total. The van der Waals surface area contributed by atoms with E-state index in [1.807, 2.05) is 0 Å². The van der Waals surface area contributed by atoms with Crippen molar-refractivity contribution in [2.45, 2.75) is 225 Å². The van der Waals surface area contributed by atoms with Crippen molar-refractivity contribution >= 4 is 95.6 Å². The van der Waals surface area contributed by atoms with E-state index >= 15 is 0 Å². The molecule has 0 heterocycles. The Balaban J connectivity index is 1.72. The number of unbranched alkanes of at least 4 members (excludes halogenated alkanes) is 26. The van der Waals surface area contributed by atoms with Crippen molar-refractivity contribution in [1.82, 2.24) is 0 Å². The average molecular weight is 1270 g/mol. The summed E-state index contributed by atoms with van der Waals surface area (Å²) >= 11 is 22.6. The molecule has 0 spiro atoms. The zero-order valence-electron chi connectivity index (χ0n) is 39.9. The Hall–Kier alpha value is 0.840. The van der Waals surface area contributed by atoms with Gasteiger partial charge in [0.25, 0.3) is 0 Å². The summed E-state index contributed by atoms with van der Waals surface area (Å²) in [6.07, 6.45) is 38.0. The van der Waals surface area contributed by atoms with Crippen molar-refractivity contribution < 1.29 is 18.9 Å². The first-order chi connectivity index (χ1) is 30.6. The highest BCUT2D eigenvalue weighted by Gasteiger charge is 2.28. The predicted octanol–water partition coefficient (Wildman–Crippen LogP) is 20.3. The molecule has 0 radical (unpaired) electrons. The Morgan fingerprint density at radius 2 is 0.635 bits per heavy atom. The quantitative estimate of drug-likeness (QED) is 0.0490. The van der Waals surface area contributed by atoms with Crippen molar-refractivity contribution in [3.8, 4) is 11.5 Å². The lowest BCUT2D eigenvalue weighted by Crippen LogP contribution is -2.24. The van der Waals surface area contributed by atoms with Gasteiger partial charge in [-0.3, -0.25) is 0 Å². The molecular formula is C53H86Br6O4. The van der Waals surface area contributed by atoms with Crippen LogP contribution in [0.25, 0.3) is 0 Å². The third-order valence-electron chi connectivity index (χ3n) is 12.3. The van der Waals surface area contributed by atoms with Crippen LogP contribution in [0.1, 0.15) is 219 Å². The van der Waals surface area contributed by atoms with Crippen LogP contribution < -0.4 is 9.47 Å². The van der Waals surface area contributed by atoms with E-state index in [1.54, 1.807) is 0 Å². The van der Waals surface area contributed by atoms with E-state index in [0.717, 1.165) is 77.2 Å². The summed E-state index contributed by atoms with van der Waals surface area (Å²) in [6, 6.07) is 8.67. The number of benzene rings is 2. The highest BCUT2D eigenvalue weighted by atomic mass is 79.9. The summed E-state index contributed by atoms with van der Waals surface area (Å²) in [7, 11) is 0. The maximum atomic E-state index is 6.36. The number of hydrogen-bond donors (Lipinski definition) is 0. The minimum absolute atomic E-state index is 0.0115. The molecule has 2 rings (SSSR count). The topological polar surface area (TPSA) is 36.9 Å². The van der Waals surface area contributed by atoms with E-state index in [-0.39, 0.29) is 17.6 Å². The van der Waals surface area contributed by atoms with Gasteiger partial charge in [-0.2, -0.15) is 0 Å². The first-order valence-electron chi connectivity index (χ1n) is 25.2. The van der Waals surface area contributed by atoms with Gasteiger partial charge < -0.3 is 18.9 Å². The number of alkyl halides is 2. The van der Waals surface area contributed by atoms with Crippen LogP contribution in [0.2, 0.25) is 0 Å². The van der Waals surface area contributed by atoms with E-state index < -0.39 is 0 Å². The van der Waals surface area contributed by atoms with Gasteiger partial charge >= 0.3 is 0 Å². The summed E-state index contributed by atoms with van der Waals surface area (Å²) in [4.78, 5) is 0. The van der Waals surface area contributed by atoms with Gasteiger partial charge in [0.2, 0.25) is 0 Å². The SMILES string of the molecule is CCCCCCCCCCCCCCCCOC(CBr)COc1c(Br)cc(C(C)(C)c2cc(Br)c(OCC(CBr)OCCCCCCCCCCCCCCCC)c(Br)c2)cc1Br. The Morgan fingerprint density at radius 3 is 0.873 bits per heavy atom. The van der Waals surface area contributed by atoms with E-state index in [4.69, 9.17) is 18.9 Å². The minimum atomic E-state index is -0.308. The third kappa shape index (κ3) is 27.0. The molecule has 2 atom stereocenters. The molecule has 0 saturated carbocycles. The van der Waals surface area contributed by atoms with Gasteiger partial charge in [-0.15, -0.1) is 0 Å². The van der Waals surface area contributed by atoms with Crippen molar-refractivity contribution in [1.29, 1.82) is 0 Å². The Bertz CT molecular complexity index is 1270. The number of halogens is 6. The Labute approximate surface area is 437 Å². The average Bonchev–Trinajstić information content (AvgIpc) is 3.26. The molecule has 4 nitrogen and oxygen atoms in total. The maximum absolute atomic E-state index is 6.36. The highest BCUT2D eigenvalue weighted by Crippen LogP contribution is 2.44. The number of rotatable bonds is 42. The van der Waals surface area contributed by atoms with Crippen molar-refractivity contribution in [3.63, 3.8) is 0 Å². The molecule has 10 heteroatoms. The van der Waals surface area contributed by atoms with Crippen LogP contribution in [-0.4, -0.2) is 49.3 Å². The van der Waals surface area contributed by atoms with Crippen LogP contribution in [0, 0.1) is 0 Å². The number of hydrogen-bond acceptors (Lipinski definition) is 4. The number of ether oxygens (including phenoxy) is 4. The molecule has 2 aromatic rings. The molecule has 0 saturated heterocycles. The lowest BCUT2D eigenvalue weighted by atomic mass is 9.78. The highest BCUT2D eigenvalue weighted by molar-refractivity contribution is 9.11. The molecule has 2 aromatic carbocycles. The third-order valence-corrected chi connectivity index (χ3v) is 16.1. The van der Waals surface area contributed by atoms with E-state index in [0.29, 0.717) is 13.2 Å². The molecule has 0 fully saturated rings. The van der Waals surface area contributed by atoms with Crippen LogP contribution in [-0.2, 0) is 14.9 Å². The zero-order valence-corrected chi connectivity index (χ0v) is 49.4. The lowest BCUT2D eigenvalue weighted by molar-refractivity contribution is 0.0335. The van der Waals surface area contributed by atoms with Crippen LogP contribution in [0.3, 0.4) is 0 Å². The summed E-state index contributed by atoms with van der Waals surface area (Å²) in [6.45, 7) is 11.6. The van der Waals surface area contributed by atoms with Crippen molar-refractivity contribution in [2.75, 3.05) is 37.1 Å². The molecule has 364 valence electrons. The van der Waals surface area contributed by atoms with Crippen molar-refractivity contribution in [2.24, 2.45) is 0 Å². The fraction of sp³-hybridized carbons (Fsp3) is 0.774. The second kappa shape index (κ2) is 38.7. The lowest BCUT2D eigenvalue weighted by Gasteiger charge is -2.29. The summed E-state index contributed by atoms with van der Waals surface area (Å²) in [5.41, 5.74) is 2.00. The van der Waals surface area contributed by atoms with Crippen LogP contribution in [0.15, 0.2) is 42.2 Å². The van der Waals surface area contributed by atoms with Gasteiger partial charge in [0.05, 0.1) is 17.9 Å². The molecule has 0 aromatic heterocycles. The molecule has 2 unspecified atom stereocenters. The molecule has 0 bridgehead atoms. The summed E-state index contributed by atoms with van der Waals surface area (Å²) in [5, 5.41) is 1.47. The minimum Gasteiger partial charge on any atom is -0.488 e. The van der Waals surface area contributed by atoms with Gasteiger partial charge in [-0.05, 0) is 112 Å². The maximum Gasteiger partial charge on any atom is 0.147 e. The van der Waals surface area contributed by atoms with E-state index in [9.17, 15) is 0 Å². The van der Waals surface area contributed by atoms with Crippen LogP contribution in [0.4, 0.5) is 0 Å². The first-order valence-corrected chi connectivity index (χ1v) is 30.6. The Morgan fingerprint density at radius 1 is 0.397 bits per heavy atom. The fourth-order valence-corrected chi connectivity index (χ4v) is 11.6. The predicted molar refractivity (Wildman–Crippen MR) is 294 cm³/mol. The van der Waals surface area contributed by atoms with E-state index in [1.165, 1.54) is 167 Å². The van der Waals surface area contributed by atoms with Gasteiger partial charge in [-0.1, -0.05) is 226 Å². The van der Waals surface area contributed by atoms with Gasteiger partial charge in [0, 0.05) is 29.3 Å². The largest absolute Gasteiger partial charge is 0.488 e. The molecule has 0 amide bonds. The second-order valence-electron chi connectivity index (χ2n) is 18.3. The standard InChI is InChI=1S/C53H86Br6O4/c1-5-7-9-11-13-15-17-19-21-23-25-27-29-31-33-60-45(39-54)41-62-51-47(56)35-43(36-48(51)57)53(3,4)44-37-49(58)52(50(59)38-44)63-42-46(40-55)61-34-32-30-28-26-24-22-20-18-16-14-12-10-8-6-2/h35-38,45-46H,5-34,39-42H2,1-4H3. The Kier molecular flexibility index (Phi) is 36.8. The van der Waals surface area contributed by atoms with Crippen molar-refractivity contribution in [3.05, 3.63) is 53.3 Å². The summed E-state index contributed by atoms with van der Waals surface area (Å²) < 4.78 is 28.8. The first kappa shape index (κ1) is 60.0. The van der Waals surface area contributed by atoms with Crippen LogP contribution >= 0.6 is 95.6 Å². The van der Waals surface area contributed by atoms with Crippen LogP contribution in [0.5, 0.6) is 11.5 Å². The molecule has 0 aliphatic heterocycles. The fourth-order valence-electron chi connectivity index (χ4n) is 8.00. The van der Waals surface area contributed by atoms with Gasteiger partial charge in [0.1, 0.15) is 36.9 Å². The summed E-state index contributed by atoms with van der Waals surface area (Å²) in [5.74, 6) is 1.58. The molecule has 63 heavy (non-hydrogen) atoms. The smallest absolute Gasteiger partial charge is 0.147 e. The molecule has 0 aliphatic carbocycles. The van der Waals surface area contributed by atoms with E-state index in [2.05, 4.69) is 148 Å². The molecule has 0 aliphatic rings. The normalized spacial score (nSPS) is 12.9. The molecular weight excluding hydrogens is 1180 g/mol. The van der Waals surface area contributed by atoms with Gasteiger partial charge in [-0.25, -0.2) is 0 Å².